The fraction of sp³-hybridized carbons (Fsp3) is 0.273. The van der Waals surface area contributed by atoms with E-state index < -0.39 is 4.92 Å². The van der Waals surface area contributed by atoms with Crippen molar-refractivity contribution in [1.82, 2.24) is 15.1 Å². The molecule has 0 unspecified atom stereocenters. The minimum atomic E-state index is -0.456. The van der Waals surface area contributed by atoms with Crippen LogP contribution in [0, 0.1) is 24.0 Å². The minimum Gasteiger partial charge on any atom is -0.489 e. The zero-order chi connectivity index (χ0) is 22.4. The highest BCUT2D eigenvalue weighted by Gasteiger charge is 2.10. The number of nitrogens with one attached hydrogen (secondary N) is 1. The summed E-state index contributed by atoms with van der Waals surface area (Å²) in [6.45, 7) is 5.48. The molecule has 1 N–H and O–H groups in total. The Morgan fingerprint density at radius 2 is 1.97 bits per heavy atom. The van der Waals surface area contributed by atoms with Crippen molar-refractivity contribution in [2.75, 3.05) is 6.54 Å². The Labute approximate surface area is 188 Å². The van der Waals surface area contributed by atoms with Gasteiger partial charge in [-0.25, -0.2) is 0 Å². The Morgan fingerprint density at radius 3 is 2.61 bits per heavy atom. The lowest BCUT2D eigenvalue weighted by atomic mass is 10.1. The molecule has 1 aromatic heterocycles. The molecular weight excluding hydrogens is 464 g/mol. The second-order valence-electron chi connectivity index (χ2n) is 7.06. The first kappa shape index (κ1) is 22.5. The Balaban J connectivity index is 1.48. The highest BCUT2D eigenvalue weighted by molar-refractivity contribution is 9.10. The fourth-order valence-electron chi connectivity index (χ4n) is 3.06. The number of non-ortho nitro benzene ring substituents is 1. The van der Waals surface area contributed by atoms with Crippen molar-refractivity contribution in [3.05, 3.63) is 85.6 Å². The summed E-state index contributed by atoms with van der Waals surface area (Å²) in [5, 5.41) is 18.1. The number of rotatable bonds is 9. The van der Waals surface area contributed by atoms with E-state index in [4.69, 9.17) is 4.74 Å². The van der Waals surface area contributed by atoms with Crippen LogP contribution in [0.25, 0.3) is 0 Å². The Bertz CT molecular complexity index is 1080. The highest BCUT2D eigenvalue weighted by atomic mass is 79.9. The summed E-state index contributed by atoms with van der Waals surface area (Å²) in [6, 6.07) is 13.1. The SMILES string of the molecule is Cc1nn(CCCNC(=O)c2cccc(COc3ccc([N+](=O)[O-])cc3)c2)c(C)c1Br. The molecule has 3 rings (SSSR count). The van der Waals surface area contributed by atoms with Crippen LogP contribution in [0.15, 0.2) is 53.0 Å². The van der Waals surface area contributed by atoms with Gasteiger partial charge in [-0.1, -0.05) is 12.1 Å². The molecule has 8 nitrogen and oxygen atoms in total. The molecule has 0 aliphatic carbocycles. The number of aryl methyl sites for hydroxylation is 2. The summed E-state index contributed by atoms with van der Waals surface area (Å²) in [5.74, 6) is 0.378. The van der Waals surface area contributed by atoms with Gasteiger partial charge in [-0.2, -0.15) is 5.10 Å². The second kappa shape index (κ2) is 10.2. The average Bonchev–Trinajstić information content (AvgIpc) is 3.02. The number of nitrogens with zero attached hydrogens (tertiary/aromatic N) is 3. The monoisotopic (exact) mass is 486 g/mol. The topological polar surface area (TPSA) is 99.3 Å². The van der Waals surface area contributed by atoms with E-state index in [0.717, 1.165) is 34.4 Å². The third-order valence-corrected chi connectivity index (χ3v) is 5.92. The Kier molecular flexibility index (Phi) is 7.41. The Hall–Kier alpha value is -3.20. The van der Waals surface area contributed by atoms with Crippen molar-refractivity contribution in [2.24, 2.45) is 0 Å². The summed E-state index contributed by atoms with van der Waals surface area (Å²) in [5.41, 5.74) is 3.42. The number of aromatic nitrogens is 2. The average molecular weight is 487 g/mol. The van der Waals surface area contributed by atoms with E-state index >= 15 is 0 Å². The predicted molar refractivity (Wildman–Crippen MR) is 120 cm³/mol. The molecule has 0 fully saturated rings. The first-order valence-corrected chi connectivity index (χ1v) is 10.6. The predicted octanol–water partition coefficient (Wildman–Crippen LogP) is 4.57. The van der Waals surface area contributed by atoms with Gasteiger partial charge in [0.25, 0.3) is 11.6 Å². The number of carbonyl (C=O) groups is 1. The van der Waals surface area contributed by atoms with Crippen LogP contribution in [0.5, 0.6) is 5.75 Å². The van der Waals surface area contributed by atoms with E-state index in [-0.39, 0.29) is 18.2 Å². The maximum Gasteiger partial charge on any atom is 0.269 e. The number of benzene rings is 2. The van der Waals surface area contributed by atoms with Gasteiger partial charge in [0.15, 0.2) is 0 Å². The molecule has 0 aliphatic rings. The number of nitro benzene ring substituents is 1. The molecule has 2 aromatic carbocycles. The van der Waals surface area contributed by atoms with Crippen LogP contribution < -0.4 is 10.1 Å². The van der Waals surface area contributed by atoms with Gasteiger partial charge in [-0.05, 0) is 66.0 Å². The molecule has 0 bridgehead atoms. The van der Waals surface area contributed by atoms with Gasteiger partial charge in [-0.15, -0.1) is 0 Å². The largest absolute Gasteiger partial charge is 0.489 e. The lowest BCUT2D eigenvalue weighted by Gasteiger charge is -2.09. The molecule has 3 aromatic rings. The quantitative estimate of drug-likeness (QED) is 0.271. The van der Waals surface area contributed by atoms with Crippen LogP contribution in [0.1, 0.15) is 33.7 Å². The van der Waals surface area contributed by atoms with Crippen LogP contribution in [-0.4, -0.2) is 27.2 Å². The smallest absolute Gasteiger partial charge is 0.269 e. The molecule has 0 aliphatic heterocycles. The van der Waals surface area contributed by atoms with Gasteiger partial charge >= 0.3 is 0 Å². The van der Waals surface area contributed by atoms with Gasteiger partial charge in [0, 0.05) is 36.5 Å². The molecule has 0 atom stereocenters. The van der Waals surface area contributed by atoms with Gasteiger partial charge in [0.05, 0.1) is 15.1 Å². The van der Waals surface area contributed by atoms with Crippen LogP contribution >= 0.6 is 15.9 Å². The van der Waals surface area contributed by atoms with E-state index in [2.05, 4.69) is 26.3 Å². The van der Waals surface area contributed by atoms with Gasteiger partial charge in [0.1, 0.15) is 12.4 Å². The normalized spacial score (nSPS) is 10.7. The van der Waals surface area contributed by atoms with Crippen LogP contribution in [0.3, 0.4) is 0 Å². The molecule has 0 saturated carbocycles. The highest BCUT2D eigenvalue weighted by Crippen LogP contribution is 2.20. The molecule has 0 spiro atoms. The number of carbonyl (C=O) groups excluding carboxylic acids is 1. The van der Waals surface area contributed by atoms with Crippen LogP contribution in [0.2, 0.25) is 0 Å². The summed E-state index contributed by atoms with van der Waals surface area (Å²) < 4.78 is 8.61. The number of nitro groups is 1. The molecule has 1 amide bonds. The first-order chi connectivity index (χ1) is 14.8. The molecular formula is C22H23BrN4O4. The van der Waals surface area contributed by atoms with Crippen LogP contribution in [-0.2, 0) is 13.2 Å². The van der Waals surface area contributed by atoms with Crippen molar-refractivity contribution < 1.29 is 14.5 Å². The molecule has 162 valence electrons. The first-order valence-electron chi connectivity index (χ1n) is 9.79. The lowest BCUT2D eigenvalue weighted by molar-refractivity contribution is -0.384. The fourth-order valence-corrected chi connectivity index (χ4v) is 3.34. The molecule has 31 heavy (non-hydrogen) atoms. The summed E-state index contributed by atoms with van der Waals surface area (Å²) >= 11 is 3.52. The zero-order valence-corrected chi connectivity index (χ0v) is 18.9. The maximum absolute atomic E-state index is 12.5. The summed E-state index contributed by atoms with van der Waals surface area (Å²) in [7, 11) is 0. The molecule has 9 heteroatoms. The maximum atomic E-state index is 12.5. The van der Waals surface area contributed by atoms with Gasteiger partial charge in [0.2, 0.25) is 0 Å². The van der Waals surface area contributed by atoms with Gasteiger partial charge < -0.3 is 10.1 Å². The van der Waals surface area contributed by atoms with Crippen LogP contribution in [0.4, 0.5) is 5.69 Å². The summed E-state index contributed by atoms with van der Waals surface area (Å²) in [4.78, 5) is 22.7. The number of halogens is 1. The number of amides is 1. The zero-order valence-electron chi connectivity index (χ0n) is 17.3. The van der Waals surface area contributed by atoms with E-state index in [1.807, 2.05) is 24.6 Å². The van der Waals surface area contributed by atoms with E-state index in [0.29, 0.717) is 17.9 Å². The van der Waals surface area contributed by atoms with Crippen molar-refractivity contribution in [3.63, 3.8) is 0 Å². The van der Waals surface area contributed by atoms with Crippen molar-refractivity contribution in [2.45, 2.75) is 33.4 Å². The van der Waals surface area contributed by atoms with Crippen molar-refractivity contribution in [3.8, 4) is 5.75 Å². The second-order valence-corrected chi connectivity index (χ2v) is 7.85. The van der Waals surface area contributed by atoms with Crippen molar-refractivity contribution >= 4 is 27.5 Å². The van der Waals surface area contributed by atoms with E-state index in [9.17, 15) is 14.9 Å². The van der Waals surface area contributed by atoms with Crippen molar-refractivity contribution in [1.29, 1.82) is 0 Å². The van der Waals surface area contributed by atoms with Gasteiger partial charge in [-0.3, -0.25) is 19.6 Å². The number of ether oxygens (including phenoxy) is 1. The Morgan fingerprint density at radius 1 is 1.23 bits per heavy atom. The minimum absolute atomic E-state index is 0.0107. The lowest BCUT2D eigenvalue weighted by Crippen LogP contribution is -2.25. The number of hydrogen-bond donors (Lipinski definition) is 1. The standard InChI is InChI=1S/C22H23BrN4O4/c1-15-21(23)16(2)26(25-15)12-4-11-24-22(28)18-6-3-5-17(13-18)14-31-20-9-7-19(8-10-20)27(29)30/h3,5-10,13H,4,11-12,14H2,1-2H3,(H,24,28). The number of hydrogen-bond acceptors (Lipinski definition) is 5. The molecule has 1 heterocycles. The third kappa shape index (κ3) is 5.91. The van der Waals surface area contributed by atoms with E-state index in [1.165, 1.54) is 12.1 Å². The molecule has 0 saturated heterocycles. The molecule has 0 radical (unpaired) electrons. The summed E-state index contributed by atoms with van der Waals surface area (Å²) in [6.07, 6.45) is 0.767. The third-order valence-electron chi connectivity index (χ3n) is 4.77. The van der Waals surface area contributed by atoms with E-state index in [1.54, 1.807) is 30.3 Å².